The van der Waals surface area contributed by atoms with Crippen molar-refractivity contribution in [2.24, 2.45) is 0 Å². The van der Waals surface area contributed by atoms with E-state index in [1.165, 1.54) is 20.1 Å². The van der Waals surface area contributed by atoms with Gasteiger partial charge in [-0.05, 0) is 31.5 Å². The number of rotatable bonds is 2. The third-order valence-corrected chi connectivity index (χ3v) is 1.91. The van der Waals surface area contributed by atoms with Gasteiger partial charge in [-0.2, -0.15) is 0 Å². The van der Waals surface area contributed by atoms with Crippen LogP contribution in [0, 0.1) is 6.92 Å². The first-order valence-corrected chi connectivity index (χ1v) is 3.94. The fourth-order valence-electron chi connectivity index (χ4n) is 1.21. The van der Waals surface area contributed by atoms with Crippen molar-refractivity contribution in [2.45, 2.75) is 13.8 Å². The summed E-state index contributed by atoms with van der Waals surface area (Å²) in [6.07, 6.45) is 0. The fourth-order valence-corrected chi connectivity index (χ4v) is 1.21. The Morgan fingerprint density at radius 2 is 2.08 bits per heavy atom. The molecule has 0 amide bonds. The van der Waals surface area contributed by atoms with E-state index >= 15 is 0 Å². The van der Waals surface area contributed by atoms with E-state index in [0.29, 0.717) is 11.3 Å². The molecule has 0 heterocycles. The summed E-state index contributed by atoms with van der Waals surface area (Å²) in [6.45, 7) is 3.27. The Morgan fingerprint density at radius 3 is 2.54 bits per heavy atom. The third kappa shape index (κ3) is 1.80. The Morgan fingerprint density at radius 1 is 1.46 bits per heavy atom. The maximum absolute atomic E-state index is 11.1. The van der Waals surface area contributed by atoms with Crippen molar-refractivity contribution in [3.8, 4) is 11.5 Å². The molecule has 1 N–H and O–H groups in total. The van der Waals surface area contributed by atoms with E-state index in [0.717, 1.165) is 5.56 Å². The number of aromatic hydroxyl groups is 1. The van der Waals surface area contributed by atoms with Crippen molar-refractivity contribution in [1.29, 1.82) is 0 Å². The molecule has 0 bridgehead atoms. The molecule has 0 saturated heterocycles. The average Bonchev–Trinajstić information content (AvgIpc) is 2.07. The minimum Gasteiger partial charge on any atom is -0.504 e. The zero-order chi connectivity index (χ0) is 10.0. The molecule has 1 aromatic carbocycles. The van der Waals surface area contributed by atoms with Crippen LogP contribution in [0.5, 0.6) is 11.5 Å². The first-order chi connectivity index (χ1) is 6.06. The van der Waals surface area contributed by atoms with Gasteiger partial charge in [-0.1, -0.05) is 0 Å². The molecule has 3 nitrogen and oxygen atoms in total. The Kier molecular flexibility index (Phi) is 2.56. The van der Waals surface area contributed by atoms with Crippen LogP contribution in [0.25, 0.3) is 0 Å². The lowest BCUT2D eigenvalue weighted by atomic mass is 10.0. The molecular weight excluding hydrogens is 168 g/mol. The second-order valence-electron chi connectivity index (χ2n) is 2.90. The molecule has 13 heavy (non-hydrogen) atoms. The van der Waals surface area contributed by atoms with Gasteiger partial charge >= 0.3 is 0 Å². The van der Waals surface area contributed by atoms with Gasteiger partial charge in [0, 0.05) is 5.56 Å². The molecule has 0 aromatic heterocycles. The van der Waals surface area contributed by atoms with E-state index in [2.05, 4.69) is 0 Å². The first-order valence-electron chi connectivity index (χ1n) is 3.94. The smallest absolute Gasteiger partial charge is 0.160 e. The number of methoxy groups -OCH3 is 1. The Balaban J connectivity index is 3.28. The molecule has 0 spiro atoms. The van der Waals surface area contributed by atoms with Crippen LogP contribution < -0.4 is 4.74 Å². The summed E-state index contributed by atoms with van der Waals surface area (Å²) < 4.78 is 4.90. The van der Waals surface area contributed by atoms with Gasteiger partial charge in [-0.25, -0.2) is 0 Å². The highest BCUT2D eigenvalue weighted by Crippen LogP contribution is 2.29. The number of carbonyl (C=O) groups excluding carboxylic acids is 1. The van der Waals surface area contributed by atoms with Gasteiger partial charge in [0.15, 0.2) is 17.3 Å². The van der Waals surface area contributed by atoms with E-state index < -0.39 is 0 Å². The number of aryl methyl sites for hydroxylation is 1. The lowest BCUT2D eigenvalue weighted by molar-refractivity contribution is 0.101. The molecule has 3 heteroatoms. The fraction of sp³-hybridized carbons (Fsp3) is 0.300. The number of hydrogen-bond donors (Lipinski definition) is 1. The molecule has 1 rings (SSSR count). The van der Waals surface area contributed by atoms with Gasteiger partial charge in [0.05, 0.1) is 7.11 Å². The summed E-state index contributed by atoms with van der Waals surface area (Å²) in [7, 11) is 1.47. The van der Waals surface area contributed by atoms with E-state index in [9.17, 15) is 9.90 Å². The molecule has 1 aromatic rings. The Labute approximate surface area is 77.0 Å². The van der Waals surface area contributed by atoms with Gasteiger partial charge < -0.3 is 9.84 Å². The summed E-state index contributed by atoms with van der Waals surface area (Å²) in [5.41, 5.74) is 1.33. The minimum absolute atomic E-state index is 0.00157. The SMILES string of the molecule is COc1cc(C)c(C(C)=O)cc1O. The van der Waals surface area contributed by atoms with Crippen molar-refractivity contribution < 1.29 is 14.6 Å². The summed E-state index contributed by atoms with van der Waals surface area (Å²) in [5, 5.41) is 9.39. The second-order valence-corrected chi connectivity index (χ2v) is 2.90. The van der Waals surface area contributed by atoms with E-state index in [1.54, 1.807) is 13.0 Å². The second kappa shape index (κ2) is 3.47. The Hall–Kier alpha value is -1.51. The lowest BCUT2D eigenvalue weighted by Gasteiger charge is -2.07. The molecular formula is C10H12O3. The molecule has 0 aliphatic heterocycles. The Bertz CT molecular complexity index is 342. The molecule has 0 saturated carbocycles. The summed E-state index contributed by atoms with van der Waals surface area (Å²) in [6, 6.07) is 3.07. The summed E-state index contributed by atoms with van der Waals surface area (Å²) in [4.78, 5) is 11.1. The molecule has 70 valence electrons. The molecule has 0 aliphatic rings. The number of ether oxygens (including phenoxy) is 1. The highest BCUT2D eigenvalue weighted by molar-refractivity contribution is 5.96. The van der Waals surface area contributed by atoms with Crippen LogP contribution in [-0.2, 0) is 0 Å². The largest absolute Gasteiger partial charge is 0.504 e. The third-order valence-electron chi connectivity index (χ3n) is 1.91. The number of phenols is 1. The predicted octanol–water partition coefficient (Wildman–Crippen LogP) is 1.91. The van der Waals surface area contributed by atoms with Crippen LogP contribution in [0.15, 0.2) is 12.1 Å². The van der Waals surface area contributed by atoms with Crippen molar-refractivity contribution in [3.05, 3.63) is 23.3 Å². The van der Waals surface area contributed by atoms with Gasteiger partial charge in [0.1, 0.15) is 0 Å². The highest BCUT2D eigenvalue weighted by Gasteiger charge is 2.09. The van der Waals surface area contributed by atoms with Crippen LogP contribution in [-0.4, -0.2) is 18.0 Å². The van der Waals surface area contributed by atoms with Crippen molar-refractivity contribution >= 4 is 5.78 Å². The van der Waals surface area contributed by atoms with E-state index in [-0.39, 0.29) is 11.5 Å². The number of benzene rings is 1. The molecule has 0 atom stereocenters. The quantitative estimate of drug-likeness (QED) is 0.707. The molecule has 0 radical (unpaired) electrons. The van der Waals surface area contributed by atoms with Gasteiger partial charge in [-0.15, -0.1) is 0 Å². The van der Waals surface area contributed by atoms with Crippen LogP contribution in [0.3, 0.4) is 0 Å². The zero-order valence-corrected chi connectivity index (χ0v) is 7.92. The summed E-state index contributed by atoms with van der Waals surface area (Å²) in [5.74, 6) is 0.330. The van der Waals surface area contributed by atoms with Crippen LogP contribution in [0.4, 0.5) is 0 Å². The monoisotopic (exact) mass is 180 g/mol. The summed E-state index contributed by atoms with van der Waals surface area (Å²) >= 11 is 0. The van der Waals surface area contributed by atoms with E-state index in [4.69, 9.17) is 4.74 Å². The van der Waals surface area contributed by atoms with Crippen molar-refractivity contribution in [1.82, 2.24) is 0 Å². The van der Waals surface area contributed by atoms with Gasteiger partial charge in [0.25, 0.3) is 0 Å². The number of hydrogen-bond acceptors (Lipinski definition) is 3. The van der Waals surface area contributed by atoms with Crippen molar-refractivity contribution in [3.63, 3.8) is 0 Å². The zero-order valence-electron chi connectivity index (χ0n) is 7.92. The van der Waals surface area contributed by atoms with Crippen molar-refractivity contribution in [2.75, 3.05) is 7.11 Å². The molecule has 0 fully saturated rings. The van der Waals surface area contributed by atoms with Gasteiger partial charge in [0.2, 0.25) is 0 Å². The average molecular weight is 180 g/mol. The van der Waals surface area contributed by atoms with Crippen LogP contribution in [0.2, 0.25) is 0 Å². The number of phenolic OH excluding ortho intramolecular Hbond substituents is 1. The maximum Gasteiger partial charge on any atom is 0.160 e. The minimum atomic E-state index is -0.0598. The predicted molar refractivity (Wildman–Crippen MR) is 49.4 cm³/mol. The number of Topliss-reactive ketones (excluding diaryl/α,β-unsaturated/α-hetero) is 1. The lowest BCUT2D eigenvalue weighted by Crippen LogP contribution is -1.96. The standard InChI is InChI=1S/C10H12O3/c1-6-4-10(13-3)9(12)5-8(6)7(2)11/h4-5,12H,1-3H3. The first kappa shape index (κ1) is 9.58. The highest BCUT2D eigenvalue weighted by atomic mass is 16.5. The topological polar surface area (TPSA) is 46.5 Å². The molecule has 0 unspecified atom stereocenters. The van der Waals surface area contributed by atoms with Crippen LogP contribution >= 0.6 is 0 Å². The number of carbonyl (C=O) groups is 1. The molecule has 0 aliphatic carbocycles. The van der Waals surface area contributed by atoms with Crippen LogP contribution in [0.1, 0.15) is 22.8 Å². The van der Waals surface area contributed by atoms with Gasteiger partial charge in [-0.3, -0.25) is 4.79 Å². The van der Waals surface area contributed by atoms with E-state index in [1.807, 2.05) is 0 Å². The maximum atomic E-state index is 11.1. The normalized spacial score (nSPS) is 9.77. The number of ketones is 1.